The van der Waals surface area contributed by atoms with Crippen molar-refractivity contribution in [2.45, 2.75) is 39.5 Å². The van der Waals surface area contributed by atoms with E-state index in [1.54, 1.807) is 0 Å². The fourth-order valence-corrected chi connectivity index (χ4v) is 2.58. The second-order valence-corrected chi connectivity index (χ2v) is 6.69. The third-order valence-corrected chi connectivity index (χ3v) is 3.95. The minimum atomic E-state index is 0.446. The van der Waals surface area contributed by atoms with E-state index in [9.17, 15) is 0 Å². The summed E-state index contributed by atoms with van der Waals surface area (Å²) in [6, 6.07) is 10.5. The molecule has 1 heterocycles. The summed E-state index contributed by atoms with van der Waals surface area (Å²) in [5.74, 6) is 0.892. The summed E-state index contributed by atoms with van der Waals surface area (Å²) in [4.78, 5) is 11.3. The van der Waals surface area contributed by atoms with Gasteiger partial charge in [0.05, 0.1) is 17.6 Å². The van der Waals surface area contributed by atoms with Crippen LogP contribution in [0.1, 0.15) is 56.4 Å². The van der Waals surface area contributed by atoms with Crippen LogP contribution in [-0.4, -0.2) is 25.3 Å². The van der Waals surface area contributed by atoms with Crippen LogP contribution in [0.3, 0.4) is 0 Å². The SMILES string of the molecule is CC(C)c1cccc(C(C)C)c1N=Cc1cc(N(C)C)ccn1. The summed E-state index contributed by atoms with van der Waals surface area (Å²) in [5.41, 5.74) is 5.68. The van der Waals surface area contributed by atoms with E-state index in [0.29, 0.717) is 11.8 Å². The Kier molecular flexibility index (Phi) is 5.54. The molecule has 0 spiro atoms. The number of aliphatic imine (C=N–C) groups is 1. The Morgan fingerprint density at radius 3 is 2.13 bits per heavy atom. The molecule has 23 heavy (non-hydrogen) atoms. The monoisotopic (exact) mass is 309 g/mol. The van der Waals surface area contributed by atoms with E-state index in [2.05, 4.69) is 61.8 Å². The lowest BCUT2D eigenvalue weighted by Gasteiger charge is -2.16. The molecule has 0 fully saturated rings. The van der Waals surface area contributed by atoms with Gasteiger partial charge in [0.15, 0.2) is 0 Å². The normalized spacial score (nSPS) is 11.7. The van der Waals surface area contributed by atoms with Crippen molar-refractivity contribution in [1.82, 2.24) is 4.98 Å². The van der Waals surface area contributed by atoms with Crippen molar-refractivity contribution in [2.24, 2.45) is 4.99 Å². The zero-order valence-electron chi connectivity index (χ0n) is 15.0. The summed E-state index contributed by atoms with van der Waals surface area (Å²) < 4.78 is 0. The number of pyridine rings is 1. The minimum Gasteiger partial charge on any atom is -0.378 e. The highest BCUT2D eigenvalue weighted by Gasteiger charge is 2.12. The third-order valence-electron chi connectivity index (χ3n) is 3.95. The smallest absolute Gasteiger partial charge is 0.0833 e. The second kappa shape index (κ2) is 7.40. The van der Waals surface area contributed by atoms with Gasteiger partial charge in [-0.05, 0) is 35.1 Å². The largest absolute Gasteiger partial charge is 0.378 e. The van der Waals surface area contributed by atoms with Crippen LogP contribution in [0.15, 0.2) is 41.5 Å². The summed E-state index contributed by atoms with van der Waals surface area (Å²) in [6.07, 6.45) is 3.70. The van der Waals surface area contributed by atoms with E-state index < -0.39 is 0 Å². The van der Waals surface area contributed by atoms with Gasteiger partial charge in [-0.2, -0.15) is 0 Å². The number of rotatable bonds is 5. The van der Waals surface area contributed by atoms with E-state index in [0.717, 1.165) is 17.1 Å². The van der Waals surface area contributed by atoms with Crippen LogP contribution in [0.2, 0.25) is 0 Å². The molecule has 0 aliphatic heterocycles. The zero-order valence-corrected chi connectivity index (χ0v) is 15.0. The maximum Gasteiger partial charge on any atom is 0.0833 e. The molecule has 0 saturated carbocycles. The first-order valence-corrected chi connectivity index (χ1v) is 8.20. The quantitative estimate of drug-likeness (QED) is 0.715. The van der Waals surface area contributed by atoms with Crippen LogP contribution in [0.5, 0.6) is 0 Å². The summed E-state index contributed by atoms with van der Waals surface area (Å²) in [6.45, 7) is 8.85. The molecule has 122 valence electrons. The maximum absolute atomic E-state index is 4.81. The predicted molar refractivity (Wildman–Crippen MR) is 100 cm³/mol. The molecule has 0 amide bonds. The zero-order chi connectivity index (χ0) is 17.0. The van der Waals surface area contributed by atoms with E-state index in [1.165, 1.54) is 11.1 Å². The molecule has 3 nitrogen and oxygen atoms in total. The van der Waals surface area contributed by atoms with Crippen LogP contribution in [0, 0.1) is 0 Å². The van der Waals surface area contributed by atoms with Gasteiger partial charge in [0.2, 0.25) is 0 Å². The fourth-order valence-electron chi connectivity index (χ4n) is 2.58. The molecule has 0 N–H and O–H groups in total. The molecule has 1 aromatic heterocycles. The molecule has 0 bridgehead atoms. The molecule has 1 aromatic carbocycles. The number of benzene rings is 1. The van der Waals surface area contributed by atoms with E-state index in [1.807, 2.05) is 32.6 Å². The Morgan fingerprint density at radius 1 is 1.00 bits per heavy atom. The lowest BCUT2D eigenvalue weighted by atomic mass is 9.93. The van der Waals surface area contributed by atoms with Gasteiger partial charge >= 0.3 is 0 Å². The van der Waals surface area contributed by atoms with Gasteiger partial charge in [0.1, 0.15) is 0 Å². The van der Waals surface area contributed by atoms with Crippen LogP contribution in [-0.2, 0) is 0 Å². The molecule has 0 radical (unpaired) electrons. The standard InChI is InChI=1S/C20H27N3/c1-14(2)18-8-7-9-19(15(3)4)20(18)22-13-16-12-17(23(5)6)10-11-21-16/h7-15H,1-6H3. The minimum absolute atomic E-state index is 0.446. The second-order valence-electron chi connectivity index (χ2n) is 6.69. The lowest BCUT2D eigenvalue weighted by molar-refractivity contribution is 0.835. The summed E-state index contributed by atoms with van der Waals surface area (Å²) >= 11 is 0. The molecule has 0 atom stereocenters. The van der Waals surface area contributed by atoms with Crippen LogP contribution < -0.4 is 4.90 Å². The molecular weight excluding hydrogens is 282 g/mol. The molecular formula is C20H27N3. The fraction of sp³-hybridized carbons (Fsp3) is 0.400. The van der Waals surface area contributed by atoms with Crippen molar-refractivity contribution < 1.29 is 0 Å². The third kappa shape index (κ3) is 4.19. The summed E-state index contributed by atoms with van der Waals surface area (Å²) in [7, 11) is 4.06. The van der Waals surface area contributed by atoms with Gasteiger partial charge in [0.25, 0.3) is 0 Å². The van der Waals surface area contributed by atoms with Crippen molar-refractivity contribution >= 4 is 17.6 Å². The number of aromatic nitrogens is 1. The van der Waals surface area contributed by atoms with E-state index >= 15 is 0 Å². The first-order valence-electron chi connectivity index (χ1n) is 8.20. The van der Waals surface area contributed by atoms with Crippen molar-refractivity contribution in [2.75, 3.05) is 19.0 Å². The lowest BCUT2D eigenvalue weighted by Crippen LogP contribution is -2.09. The molecule has 0 unspecified atom stereocenters. The first-order chi connectivity index (χ1) is 10.9. The van der Waals surface area contributed by atoms with Crippen LogP contribution >= 0.6 is 0 Å². The number of hydrogen-bond donors (Lipinski definition) is 0. The Morgan fingerprint density at radius 2 is 1.61 bits per heavy atom. The highest BCUT2D eigenvalue weighted by Crippen LogP contribution is 2.34. The van der Waals surface area contributed by atoms with Crippen molar-refractivity contribution in [3.8, 4) is 0 Å². The number of nitrogens with zero attached hydrogens (tertiary/aromatic N) is 3. The molecule has 0 saturated heterocycles. The van der Waals surface area contributed by atoms with Crippen LogP contribution in [0.25, 0.3) is 0 Å². The van der Waals surface area contributed by atoms with E-state index in [-0.39, 0.29) is 0 Å². The van der Waals surface area contributed by atoms with Gasteiger partial charge in [0, 0.05) is 26.0 Å². The predicted octanol–water partition coefficient (Wildman–Crippen LogP) is 5.15. The number of hydrogen-bond acceptors (Lipinski definition) is 3. The Balaban J connectivity index is 2.44. The Bertz CT molecular complexity index is 659. The first kappa shape index (κ1) is 17.2. The molecule has 2 rings (SSSR count). The maximum atomic E-state index is 4.81. The van der Waals surface area contributed by atoms with Crippen molar-refractivity contribution in [1.29, 1.82) is 0 Å². The number of anilines is 1. The van der Waals surface area contributed by atoms with Gasteiger partial charge in [-0.25, -0.2) is 0 Å². The summed E-state index contributed by atoms with van der Waals surface area (Å²) in [5, 5.41) is 0. The molecule has 0 aliphatic carbocycles. The Hall–Kier alpha value is -2.16. The van der Waals surface area contributed by atoms with E-state index in [4.69, 9.17) is 4.99 Å². The number of para-hydroxylation sites is 1. The van der Waals surface area contributed by atoms with Crippen LogP contribution in [0.4, 0.5) is 11.4 Å². The average Bonchev–Trinajstić information content (AvgIpc) is 2.52. The van der Waals surface area contributed by atoms with Gasteiger partial charge in [-0.15, -0.1) is 0 Å². The van der Waals surface area contributed by atoms with Gasteiger partial charge < -0.3 is 4.90 Å². The Labute approximate surface area is 140 Å². The van der Waals surface area contributed by atoms with Gasteiger partial charge in [-0.1, -0.05) is 45.9 Å². The van der Waals surface area contributed by atoms with Crippen molar-refractivity contribution in [3.05, 3.63) is 53.3 Å². The molecule has 3 heteroatoms. The topological polar surface area (TPSA) is 28.5 Å². The molecule has 0 aliphatic rings. The van der Waals surface area contributed by atoms with Crippen molar-refractivity contribution in [3.63, 3.8) is 0 Å². The van der Waals surface area contributed by atoms with Gasteiger partial charge in [-0.3, -0.25) is 9.98 Å². The highest BCUT2D eigenvalue weighted by molar-refractivity contribution is 5.82. The highest BCUT2D eigenvalue weighted by atomic mass is 15.1. The molecule has 2 aromatic rings. The average molecular weight is 309 g/mol.